The predicted molar refractivity (Wildman–Crippen MR) is 130 cm³/mol. The lowest BCUT2D eigenvalue weighted by molar-refractivity contribution is 0.133. The van der Waals surface area contributed by atoms with Crippen LogP contribution >= 0.6 is 0 Å². The van der Waals surface area contributed by atoms with Crippen LogP contribution in [0.15, 0.2) is 41.2 Å². The quantitative estimate of drug-likeness (QED) is 0.540. The Morgan fingerprint density at radius 2 is 1.91 bits per heavy atom. The highest BCUT2D eigenvalue weighted by molar-refractivity contribution is 5.84. The number of fused-ring (bicyclic) bond motifs is 2. The summed E-state index contributed by atoms with van der Waals surface area (Å²) >= 11 is 0. The molecule has 4 rings (SSSR count). The number of carbonyl (C=O) groups is 1. The van der Waals surface area contributed by atoms with Crippen molar-refractivity contribution in [1.29, 1.82) is 0 Å². The lowest BCUT2D eigenvalue weighted by atomic mass is 9.83. The van der Waals surface area contributed by atoms with E-state index in [-0.39, 0.29) is 22.8 Å². The van der Waals surface area contributed by atoms with E-state index in [9.17, 15) is 19.1 Å². The number of hydrogen-bond donors (Lipinski definition) is 1. The third kappa shape index (κ3) is 4.67. The molecule has 0 bridgehead atoms. The van der Waals surface area contributed by atoms with Crippen molar-refractivity contribution < 1.29 is 14.3 Å². The summed E-state index contributed by atoms with van der Waals surface area (Å²) in [6.07, 6.45) is 0.701. The van der Waals surface area contributed by atoms with Crippen molar-refractivity contribution in [2.45, 2.75) is 58.0 Å². The van der Waals surface area contributed by atoms with Crippen LogP contribution in [-0.4, -0.2) is 38.7 Å². The molecular formula is C27H28FN3O3. The molecule has 1 amide bonds. The Balaban J connectivity index is 1.84. The van der Waals surface area contributed by atoms with Gasteiger partial charge < -0.3 is 10.0 Å². The van der Waals surface area contributed by atoms with E-state index in [2.05, 4.69) is 11.8 Å². The maximum atomic E-state index is 13.6. The number of halogens is 1. The topological polar surface area (TPSA) is 75.4 Å². The molecule has 0 radical (unpaired) electrons. The molecule has 1 aliphatic heterocycles. The summed E-state index contributed by atoms with van der Waals surface area (Å²) in [6, 6.07) is 9.68. The fourth-order valence-electron chi connectivity index (χ4n) is 4.45. The number of amides is 1. The lowest BCUT2D eigenvalue weighted by Crippen LogP contribution is -2.36. The second-order valence-electron chi connectivity index (χ2n) is 9.79. The van der Waals surface area contributed by atoms with Gasteiger partial charge in [0, 0.05) is 37.2 Å². The summed E-state index contributed by atoms with van der Waals surface area (Å²) in [7, 11) is 1.57. The number of aromatic nitrogens is 2. The van der Waals surface area contributed by atoms with Gasteiger partial charge in [-0.1, -0.05) is 38.7 Å². The Morgan fingerprint density at radius 3 is 2.59 bits per heavy atom. The lowest BCUT2D eigenvalue weighted by Gasteiger charge is -2.23. The molecule has 6 nitrogen and oxygen atoms in total. The van der Waals surface area contributed by atoms with Crippen LogP contribution in [0.3, 0.4) is 0 Å². The normalized spacial score (nSPS) is 15.7. The first-order chi connectivity index (χ1) is 16.0. The molecule has 176 valence electrons. The molecular weight excluding hydrogens is 433 g/mol. The second-order valence-corrected chi connectivity index (χ2v) is 9.79. The summed E-state index contributed by atoms with van der Waals surface area (Å²) in [5.41, 5.74) is 2.27. The number of rotatable bonds is 1. The molecule has 1 aromatic heterocycles. The Hall–Kier alpha value is -3.66. The minimum atomic E-state index is -0.974. The van der Waals surface area contributed by atoms with Gasteiger partial charge >= 0.3 is 6.09 Å². The fourth-order valence-corrected chi connectivity index (χ4v) is 4.45. The molecule has 1 aliphatic rings. The highest BCUT2D eigenvalue weighted by Gasteiger charge is 2.27. The van der Waals surface area contributed by atoms with Gasteiger partial charge in [-0.05, 0) is 54.2 Å². The highest BCUT2D eigenvalue weighted by Crippen LogP contribution is 2.30. The monoisotopic (exact) mass is 461 g/mol. The zero-order valence-electron chi connectivity index (χ0n) is 19.9. The molecule has 0 spiro atoms. The van der Waals surface area contributed by atoms with E-state index in [1.807, 2.05) is 32.9 Å². The van der Waals surface area contributed by atoms with Crippen molar-refractivity contribution in [3.05, 3.63) is 75.1 Å². The van der Waals surface area contributed by atoms with E-state index in [4.69, 9.17) is 4.98 Å². The van der Waals surface area contributed by atoms with Gasteiger partial charge in [0.1, 0.15) is 11.6 Å². The van der Waals surface area contributed by atoms with Gasteiger partial charge in [0.05, 0.1) is 10.9 Å². The van der Waals surface area contributed by atoms with Gasteiger partial charge in [0.25, 0.3) is 5.56 Å². The Morgan fingerprint density at radius 1 is 1.18 bits per heavy atom. The van der Waals surface area contributed by atoms with E-state index in [0.29, 0.717) is 53.7 Å². The zero-order valence-corrected chi connectivity index (χ0v) is 19.9. The van der Waals surface area contributed by atoms with Crippen LogP contribution in [0.2, 0.25) is 0 Å². The molecule has 2 aromatic carbocycles. The molecule has 1 atom stereocenters. The molecule has 0 saturated heterocycles. The van der Waals surface area contributed by atoms with Crippen molar-refractivity contribution in [2.24, 2.45) is 0 Å². The van der Waals surface area contributed by atoms with Crippen LogP contribution in [0.4, 0.5) is 9.18 Å². The van der Waals surface area contributed by atoms with Crippen molar-refractivity contribution >= 4 is 17.0 Å². The maximum absolute atomic E-state index is 13.6. The fraction of sp³-hybridized carbons (Fsp3) is 0.370. The van der Waals surface area contributed by atoms with Gasteiger partial charge in [-0.2, -0.15) is 0 Å². The van der Waals surface area contributed by atoms with Crippen LogP contribution in [0, 0.1) is 17.7 Å². The van der Waals surface area contributed by atoms with E-state index in [1.54, 1.807) is 23.7 Å². The first kappa shape index (κ1) is 23.5. The number of carboxylic acid groups (broad SMARTS) is 1. The van der Waals surface area contributed by atoms with Crippen LogP contribution in [-0.2, 0) is 18.4 Å². The summed E-state index contributed by atoms with van der Waals surface area (Å²) in [6.45, 7) is 6.54. The third-order valence-corrected chi connectivity index (χ3v) is 6.36. The van der Waals surface area contributed by atoms with Crippen molar-refractivity contribution in [2.75, 3.05) is 7.05 Å². The number of nitrogens with zero attached hydrogens (tertiary/aromatic N) is 3. The summed E-state index contributed by atoms with van der Waals surface area (Å²) in [4.78, 5) is 31.2. The Labute approximate surface area is 198 Å². The average Bonchev–Trinajstić information content (AvgIpc) is 2.99. The maximum Gasteiger partial charge on any atom is 0.407 e. The number of aryl methyl sites for hydroxylation is 1. The minimum Gasteiger partial charge on any atom is -0.465 e. The molecule has 1 unspecified atom stereocenters. The Kier molecular flexibility index (Phi) is 6.18. The molecule has 3 aromatic rings. The molecule has 34 heavy (non-hydrogen) atoms. The molecule has 2 heterocycles. The minimum absolute atomic E-state index is 0.104. The zero-order chi connectivity index (χ0) is 24.6. The van der Waals surface area contributed by atoms with Crippen molar-refractivity contribution in [3.63, 3.8) is 0 Å². The molecule has 0 aliphatic carbocycles. The third-order valence-electron chi connectivity index (χ3n) is 6.36. The molecule has 1 N–H and O–H groups in total. The summed E-state index contributed by atoms with van der Waals surface area (Å²) in [5, 5.41) is 9.93. The summed E-state index contributed by atoms with van der Waals surface area (Å²) in [5.74, 6) is 6.42. The van der Waals surface area contributed by atoms with E-state index < -0.39 is 6.09 Å². The SMILES string of the molecule is CN(C(=O)O)C1CCc2nc3cc(C#Cc4cccc(F)c4)cc(C(C)(C)C)c3c(=O)n2CC1. The van der Waals surface area contributed by atoms with E-state index in [0.717, 1.165) is 5.56 Å². The highest BCUT2D eigenvalue weighted by atomic mass is 19.1. The van der Waals surface area contributed by atoms with Crippen LogP contribution in [0.1, 0.15) is 56.1 Å². The van der Waals surface area contributed by atoms with Crippen molar-refractivity contribution in [3.8, 4) is 11.8 Å². The van der Waals surface area contributed by atoms with Crippen molar-refractivity contribution in [1.82, 2.24) is 14.5 Å². The first-order valence-corrected chi connectivity index (χ1v) is 11.4. The van der Waals surface area contributed by atoms with Crippen LogP contribution < -0.4 is 5.56 Å². The van der Waals surface area contributed by atoms with Gasteiger partial charge in [0.2, 0.25) is 0 Å². The van der Waals surface area contributed by atoms with Gasteiger partial charge in [-0.25, -0.2) is 14.2 Å². The largest absolute Gasteiger partial charge is 0.465 e. The van der Waals surface area contributed by atoms with Crippen LogP contribution in [0.25, 0.3) is 10.9 Å². The van der Waals surface area contributed by atoms with Crippen LogP contribution in [0.5, 0.6) is 0 Å². The average molecular weight is 462 g/mol. The first-order valence-electron chi connectivity index (χ1n) is 11.4. The van der Waals surface area contributed by atoms with Gasteiger partial charge in [-0.15, -0.1) is 0 Å². The van der Waals surface area contributed by atoms with E-state index in [1.165, 1.54) is 17.0 Å². The van der Waals surface area contributed by atoms with Gasteiger partial charge in [0.15, 0.2) is 0 Å². The molecule has 0 fully saturated rings. The number of hydrogen-bond acceptors (Lipinski definition) is 3. The summed E-state index contributed by atoms with van der Waals surface area (Å²) < 4.78 is 15.2. The standard InChI is InChI=1S/C27H28FN3O3/c1-27(2,3)21-15-18(9-8-17-6-5-7-19(28)14-17)16-22-24(21)25(32)31-13-12-20(30(4)26(33)34)10-11-23(31)29-22/h5-7,14-16,20H,10-13H2,1-4H3,(H,33,34). The molecule has 7 heteroatoms. The number of benzene rings is 2. The smallest absolute Gasteiger partial charge is 0.407 e. The van der Waals surface area contributed by atoms with Gasteiger partial charge in [-0.3, -0.25) is 9.36 Å². The molecule has 0 saturated carbocycles. The second kappa shape index (κ2) is 8.94. The Bertz CT molecular complexity index is 1390. The van der Waals surface area contributed by atoms with E-state index >= 15 is 0 Å². The predicted octanol–water partition coefficient (Wildman–Crippen LogP) is 4.55.